The molecule has 24 heavy (non-hydrogen) atoms. The molecule has 0 aliphatic heterocycles. The highest BCUT2D eigenvalue weighted by Gasteiger charge is 2.05. The molecule has 0 spiro atoms. The Hall–Kier alpha value is -3.08. The summed E-state index contributed by atoms with van der Waals surface area (Å²) in [5, 5.41) is 5.20. The van der Waals surface area contributed by atoms with E-state index in [-0.39, 0.29) is 11.8 Å². The Labute approximate surface area is 141 Å². The number of hydrogen-bond acceptors (Lipinski definition) is 3. The van der Waals surface area contributed by atoms with E-state index in [0.29, 0.717) is 12.1 Å². The predicted molar refractivity (Wildman–Crippen MR) is 94.0 cm³/mol. The molecule has 124 valence electrons. The van der Waals surface area contributed by atoms with Gasteiger partial charge in [0.2, 0.25) is 5.91 Å². The highest BCUT2D eigenvalue weighted by atomic mass is 16.5. The molecule has 0 aliphatic carbocycles. The van der Waals surface area contributed by atoms with Crippen molar-refractivity contribution in [1.82, 2.24) is 10.6 Å². The summed E-state index contributed by atoms with van der Waals surface area (Å²) in [4.78, 5) is 23.1. The standard InChI is InChI=1S/C19H20N2O3/c1-20-18(22)7-4-12-21-19(23)15-10-8-14(9-11-15)16-5-3-6-17(13-16)24-2/h3-11,13H,12H2,1-2H3,(H,20,22)(H,21,23)/b7-4+. The first-order valence-corrected chi connectivity index (χ1v) is 7.55. The Morgan fingerprint density at radius 2 is 1.83 bits per heavy atom. The van der Waals surface area contributed by atoms with Crippen LogP contribution in [0.15, 0.2) is 60.7 Å². The minimum atomic E-state index is -0.202. The van der Waals surface area contributed by atoms with Crippen LogP contribution in [0.3, 0.4) is 0 Å². The Morgan fingerprint density at radius 3 is 2.50 bits per heavy atom. The molecule has 0 aromatic heterocycles. The van der Waals surface area contributed by atoms with Gasteiger partial charge in [-0.1, -0.05) is 30.3 Å². The molecule has 0 radical (unpaired) electrons. The molecule has 2 rings (SSSR count). The minimum Gasteiger partial charge on any atom is -0.497 e. The highest BCUT2D eigenvalue weighted by molar-refractivity contribution is 5.95. The number of likely N-dealkylation sites (N-methyl/N-ethyl adjacent to an activating group) is 1. The zero-order valence-electron chi connectivity index (χ0n) is 13.7. The molecule has 0 saturated carbocycles. The first-order chi connectivity index (χ1) is 11.6. The monoisotopic (exact) mass is 324 g/mol. The summed E-state index contributed by atoms with van der Waals surface area (Å²) in [6.07, 6.45) is 2.98. The van der Waals surface area contributed by atoms with E-state index in [4.69, 9.17) is 4.74 Å². The average Bonchev–Trinajstić information content (AvgIpc) is 2.65. The number of methoxy groups -OCH3 is 1. The fraction of sp³-hybridized carbons (Fsp3) is 0.158. The lowest BCUT2D eigenvalue weighted by Crippen LogP contribution is -2.23. The summed E-state index contributed by atoms with van der Waals surface area (Å²) in [5.74, 6) is 0.401. The molecule has 0 fully saturated rings. The molecule has 2 aromatic carbocycles. The molecule has 0 bridgehead atoms. The lowest BCUT2D eigenvalue weighted by atomic mass is 10.0. The molecule has 0 unspecified atom stereocenters. The molecule has 0 heterocycles. The molecular formula is C19H20N2O3. The van der Waals surface area contributed by atoms with Crippen molar-refractivity contribution in [2.75, 3.05) is 20.7 Å². The van der Waals surface area contributed by atoms with Crippen molar-refractivity contribution >= 4 is 11.8 Å². The van der Waals surface area contributed by atoms with Crippen molar-refractivity contribution in [2.24, 2.45) is 0 Å². The predicted octanol–water partition coefficient (Wildman–Crippen LogP) is 2.39. The van der Waals surface area contributed by atoms with E-state index >= 15 is 0 Å². The van der Waals surface area contributed by atoms with Gasteiger partial charge in [0.15, 0.2) is 0 Å². The van der Waals surface area contributed by atoms with E-state index < -0.39 is 0 Å². The number of amides is 2. The quantitative estimate of drug-likeness (QED) is 0.802. The Balaban J connectivity index is 1.99. The second-order valence-corrected chi connectivity index (χ2v) is 5.04. The number of carbonyl (C=O) groups is 2. The largest absolute Gasteiger partial charge is 0.497 e. The lowest BCUT2D eigenvalue weighted by Gasteiger charge is -2.06. The van der Waals surface area contributed by atoms with E-state index in [2.05, 4.69) is 10.6 Å². The summed E-state index contributed by atoms with van der Waals surface area (Å²) < 4.78 is 5.22. The van der Waals surface area contributed by atoms with Crippen LogP contribution < -0.4 is 15.4 Å². The van der Waals surface area contributed by atoms with Crippen LogP contribution in [0.5, 0.6) is 5.75 Å². The van der Waals surface area contributed by atoms with Crippen molar-refractivity contribution in [1.29, 1.82) is 0 Å². The number of ether oxygens (including phenoxy) is 1. The number of carbonyl (C=O) groups excluding carboxylic acids is 2. The van der Waals surface area contributed by atoms with Gasteiger partial charge in [-0.15, -0.1) is 0 Å². The van der Waals surface area contributed by atoms with Crippen LogP contribution in [-0.2, 0) is 4.79 Å². The van der Waals surface area contributed by atoms with E-state index in [9.17, 15) is 9.59 Å². The lowest BCUT2D eigenvalue weighted by molar-refractivity contribution is -0.116. The Morgan fingerprint density at radius 1 is 1.08 bits per heavy atom. The SMILES string of the molecule is CNC(=O)/C=C/CNC(=O)c1ccc(-c2cccc(OC)c2)cc1. The molecular weight excluding hydrogens is 304 g/mol. The first kappa shape index (κ1) is 17.3. The summed E-state index contributed by atoms with van der Waals surface area (Å²) >= 11 is 0. The summed E-state index contributed by atoms with van der Waals surface area (Å²) in [6, 6.07) is 15.1. The van der Waals surface area contributed by atoms with Crippen molar-refractivity contribution in [3.8, 4) is 16.9 Å². The van der Waals surface area contributed by atoms with E-state index in [1.54, 1.807) is 32.4 Å². The number of benzene rings is 2. The van der Waals surface area contributed by atoms with Crippen molar-refractivity contribution in [3.63, 3.8) is 0 Å². The zero-order chi connectivity index (χ0) is 17.4. The van der Waals surface area contributed by atoms with Gasteiger partial charge in [-0.3, -0.25) is 9.59 Å². The Bertz CT molecular complexity index is 737. The summed E-state index contributed by atoms with van der Waals surface area (Å²) in [7, 11) is 3.18. The van der Waals surface area contributed by atoms with Crippen molar-refractivity contribution < 1.29 is 14.3 Å². The summed E-state index contributed by atoms with van der Waals surface area (Å²) in [5.41, 5.74) is 2.59. The van der Waals surface area contributed by atoms with E-state index in [1.807, 2.05) is 36.4 Å². The maximum absolute atomic E-state index is 12.0. The van der Waals surface area contributed by atoms with Crippen molar-refractivity contribution in [2.45, 2.75) is 0 Å². The third-order valence-corrected chi connectivity index (χ3v) is 3.45. The molecule has 2 amide bonds. The topological polar surface area (TPSA) is 67.4 Å². The van der Waals surface area contributed by atoms with Crippen LogP contribution in [0.4, 0.5) is 0 Å². The maximum Gasteiger partial charge on any atom is 0.251 e. The first-order valence-electron chi connectivity index (χ1n) is 7.55. The van der Waals surface area contributed by atoms with E-state index in [1.165, 1.54) is 6.08 Å². The Kier molecular flexibility index (Phi) is 6.14. The molecule has 5 heteroatoms. The maximum atomic E-state index is 12.0. The van der Waals surface area contributed by atoms with Crippen molar-refractivity contribution in [3.05, 3.63) is 66.2 Å². The number of nitrogens with one attached hydrogen (secondary N) is 2. The zero-order valence-corrected chi connectivity index (χ0v) is 13.7. The average molecular weight is 324 g/mol. The van der Waals surface area contributed by atoms with Crippen LogP contribution >= 0.6 is 0 Å². The molecule has 5 nitrogen and oxygen atoms in total. The van der Waals surface area contributed by atoms with Crippen LogP contribution in [0.1, 0.15) is 10.4 Å². The highest BCUT2D eigenvalue weighted by Crippen LogP contribution is 2.23. The van der Waals surface area contributed by atoms with Gasteiger partial charge in [0, 0.05) is 25.2 Å². The van der Waals surface area contributed by atoms with E-state index in [0.717, 1.165) is 16.9 Å². The van der Waals surface area contributed by atoms with Gasteiger partial charge in [0.25, 0.3) is 5.91 Å². The molecule has 2 aromatic rings. The van der Waals surface area contributed by atoms with Gasteiger partial charge in [0.1, 0.15) is 5.75 Å². The fourth-order valence-electron chi connectivity index (χ4n) is 2.12. The second-order valence-electron chi connectivity index (χ2n) is 5.04. The van der Waals surface area contributed by atoms with Crippen LogP contribution in [0, 0.1) is 0 Å². The molecule has 0 saturated heterocycles. The molecule has 2 N–H and O–H groups in total. The van der Waals surface area contributed by atoms with Gasteiger partial charge >= 0.3 is 0 Å². The number of rotatable bonds is 6. The van der Waals surface area contributed by atoms with Crippen LogP contribution in [-0.4, -0.2) is 32.5 Å². The van der Waals surface area contributed by atoms with Crippen LogP contribution in [0.2, 0.25) is 0 Å². The second kappa shape index (κ2) is 8.53. The number of hydrogen-bond donors (Lipinski definition) is 2. The van der Waals surface area contributed by atoms with Gasteiger partial charge in [-0.05, 0) is 35.4 Å². The normalized spacial score (nSPS) is 10.4. The third kappa shape index (κ3) is 4.71. The fourth-order valence-corrected chi connectivity index (χ4v) is 2.12. The summed E-state index contributed by atoms with van der Waals surface area (Å²) in [6.45, 7) is 0.296. The van der Waals surface area contributed by atoms with Crippen LogP contribution in [0.25, 0.3) is 11.1 Å². The molecule has 0 aliphatic rings. The van der Waals surface area contributed by atoms with Gasteiger partial charge in [-0.25, -0.2) is 0 Å². The van der Waals surface area contributed by atoms with Gasteiger partial charge in [-0.2, -0.15) is 0 Å². The van der Waals surface area contributed by atoms with Gasteiger partial charge in [0.05, 0.1) is 7.11 Å². The van der Waals surface area contributed by atoms with Gasteiger partial charge < -0.3 is 15.4 Å². The molecule has 0 atom stereocenters. The third-order valence-electron chi connectivity index (χ3n) is 3.45. The smallest absolute Gasteiger partial charge is 0.251 e. The minimum absolute atomic E-state index is 0.186.